The zero-order valence-corrected chi connectivity index (χ0v) is 10.3. The highest BCUT2D eigenvalue weighted by Gasteiger charge is 2.32. The summed E-state index contributed by atoms with van der Waals surface area (Å²) >= 11 is 11.6. The van der Waals surface area contributed by atoms with E-state index in [1.807, 2.05) is 13.0 Å². The summed E-state index contributed by atoms with van der Waals surface area (Å²) in [5.41, 5.74) is 1.77. The molecule has 1 atom stereocenters. The molecule has 1 fully saturated rings. The van der Waals surface area contributed by atoms with E-state index in [9.17, 15) is 4.79 Å². The molecule has 0 aliphatic carbocycles. The van der Waals surface area contributed by atoms with E-state index in [0.29, 0.717) is 17.4 Å². The third-order valence-corrected chi connectivity index (χ3v) is 3.09. The molecule has 86 valence electrons. The van der Waals surface area contributed by atoms with Gasteiger partial charge >= 0.3 is 6.09 Å². The summed E-state index contributed by atoms with van der Waals surface area (Å²) in [5, 5.41) is 0.600. The van der Waals surface area contributed by atoms with Gasteiger partial charge in [0.15, 0.2) is 0 Å². The molecule has 0 unspecified atom stereocenters. The molecule has 0 N–H and O–H groups in total. The second kappa shape index (κ2) is 4.52. The van der Waals surface area contributed by atoms with Crippen molar-refractivity contribution in [3.05, 3.63) is 28.8 Å². The third kappa shape index (κ3) is 2.11. The Morgan fingerprint density at radius 3 is 2.94 bits per heavy atom. The zero-order chi connectivity index (χ0) is 11.7. The summed E-state index contributed by atoms with van der Waals surface area (Å²) in [4.78, 5) is 13.2. The van der Waals surface area contributed by atoms with Crippen LogP contribution in [0.25, 0.3) is 0 Å². The number of hydrogen-bond donors (Lipinski definition) is 0. The summed E-state index contributed by atoms with van der Waals surface area (Å²) in [6.07, 6.45) is -0.608. The Balaban J connectivity index is 2.30. The smallest absolute Gasteiger partial charge is 0.414 e. The lowest BCUT2D eigenvalue weighted by Gasteiger charge is -2.15. The minimum absolute atomic E-state index is 0.243. The van der Waals surface area contributed by atoms with Crippen LogP contribution in [0.4, 0.5) is 10.5 Å². The minimum Gasteiger partial charge on any atom is -0.443 e. The van der Waals surface area contributed by atoms with E-state index in [0.717, 1.165) is 11.3 Å². The number of alkyl halides is 1. The van der Waals surface area contributed by atoms with Crippen LogP contribution in [0.1, 0.15) is 5.56 Å². The molecule has 0 aromatic heterocycles. The number of anilines is 1. The van der Waals surface area contributed by atoms with Gasteiger partial charge < -0.3 is 4.74 Å². The first-order valence-corrected chi connectivity index (χ1v) is 5.83. The monoisotopic (exact) mass is 259 g/mol. The topological polar surface area (TPSA) is 29.5 Å². The predicted octanol–water partition coefficient (Wildman–Crippen LogP) is 3.21. The highest BCUT2D eigenvalue weighted by molar-refractivity contribution is 6.31. The Bertz CT molecular complexity index is 422. The molecule has 3 nitrogen and oxygen atoms in total. The van der Waals surface area contributed by atoms with Crippen LogP contribution in [-0.4, -0.2) is 24.6 Å². The van der Waals surface area contributed by atoms with Crippen molar-refractivity contribution in [1.29, 1.82) is 0 Å². The molecule has 5 heteroatoms. The zero-order valence-electron chi connectivity index (χ0n) is 8.74. The van der Waals surface area contributed by atoms with Crippen molar-refractivity contribution < 1.29 is 9.53 Å². The van der Waals surface area contributed by atoms with Crippen molar-refractivity contribution in [1.82, 2.24) is 0 Å². The molecule has 0 spiro atoms. The molecule has 1 aliphatic rings. The summed E-state index contributed by atoms with van der Waals surface area (Å²) < 4.78 is 5.08. The molecule has 1 aromatic rings. The number of carbonyl (C=O) groups is 1. The first-order valence-electron chi connectivity index (χ1n) is 4.92. The number of aryl methyl sites for hydroxylation is 1. The molecule has 0 radical (unpaired) electrons. The van der Waals surface area contributed by atoms with E-state index >= 15 is 0 Å². The van der Waals surface area contributed by atoms with Gasteiger partial charge in [0.05, 0.1) is 18.1 Å². The molecule has 1 aliphatic heterocycles. The SMILES string of the molecule is Cc1ccc(Cl)cc1N1C[C@H](CCl)OC1=O. The standard InChI is InChI=1S/C11H11Cl2NO2/c1-7-2-3-8(13)4-10(7)14-6-9(5-12)16-11(14)15/h2-4,9H,5-6H2,1H3/t9-/m0/s1. The molecule has 1 aromatic carbocycles. The fourth-order valence-corrected chi connectivity index (χ4v) is 2.00. The lowest BCUT2D eigenvalue weighted by atomic mass is 10.2. The van der Waals surface area contributed by atoms with E-state index < -0.39 is 0 Å². The Morgan fingerprint density at radius 1 is 1.56 bits per heavy atom. The van der Waals surface area contributed by atoms with Gasteiger partial charge in [-0.25, -0.2) is 4.79 Å². The van der Waals surface area contributed by atoms with Crippen LogP contribution < -0.4 is 4.90 Å². The van der Waals surface area contributed by atoms with Crippen molar-refractivity contribution in [2.24, 2.45) is 0 Å². The number of carbonyl (C=O) groups excluding carboxylic acids is 1. The lowest BCUT2D eigenvalue weighted by Crippen LogP contribution is -2.25. The van der Waals surface area contributed by atoms with Crippen LogP contribution in [0, 0.1) is 6.92 Å². The number of halogens is 2. The minimum atomic E-state index is -0.365. The first kappa shape index (κ1) is 11.6. The molecule has 1 saturated heterocycles. The van der Waals surface area contributed by atoms with Crippen molar-refractivity contribution in [2.75, 3.05) is 17.3 Å². The van der Waals surface area contributed by atoms with Gasteiger partial charge in [-0.1, -0.05) is 17.7 Å². The van der Waals surface area contributed by atoms with E-state index in [2.05, 4.69) is 0 Å². The van der Waals surface area contributed by atoms with Gasteiger partial charge in [-0.05, 0) is 24.6 Å². The molecular weight excluding hydrogens is 249 g/mol. The quantitative estimate of drug-likeness (QED) is 0.764. The maximum atomic E-state index is 11.6. The predicted molar refractivity (Wildman–Crippen MR) is 64.5 cm³/mol. The fraction of sp³-hybridized carbons (Fsp3) is 0.364. The molecule has 16 heavy (non-hydrogen) atoms. The summed E-state index contributed by atoms with van der Waals surface area (Å²) in [7, 11) is 0. The number of benzene rings is 1. The Kier molecular flexibility index (Phi) is 3.26. The second-order valence-corrected chi connectivity index (χ2v) is 4.45. The van der Waals surface area contributed by atoms with E-state index in [1.54, 1.807) is 17.0 Å². The van der Waals surface area contributed by atoms with Gasteiger partial charge in [0.25, 0.3) is 0 Å². The van der Waals surface area contributed by atoms with Gasteiger partial charge in [0, 0.05) is 5.02 Å². The molecular formula is C11H11Cl2NO2. The first-order chi connectivity index (χ1) is 7.61. The largest absolute Gasteiger partial charge is 0.443 e. The van der Waals surface area contributed by atoms with E-state index in [1.165, 1.54) is 0 Å². The summed E-state index contributed by atoms with van der Waals surface area (Å²) in [6, 6.07) is 5.43. The summed E-state index contributed by atoms with van der Waals surface area (Å²) in [5.74, 6) is 0.307. The average Bonchev–Trinajstić information content (AvgIpc) is 2.63. The second-order valence-electron chi connectivity index (χ2n) is 3.70. The van der Waals surface area contributed by atoms with Gasteiger partial charge in [-0.3, -0.25) is 4.90 Å². The highest BCUT2D eigenvalue weighted by Crippen LogP contribution is 2.28. The average molecular weight is 260 g/mol. The highest BCUT2D eigenvalue weighted by atomic mass is 35.5. The summed E-state index contributed by atoms with van der Waals surface area (Å²) in [6.45, 7) is 2.40. The van der Waals surface area contributed by atoms with Crippen LogP contribution in [0.15, 0.2) is 18.2 Å². The van der Waals surface area contributed by atoms with E-state index in [-0.39, 0.29) is 12.2 Å². The van der Waals surface area contributed by atoms with Crippen molar-refractivity contribution in [3.8, 4) is 0 Å². The van der Waals surface area contributed by atoms with Gasteiger partial charge in [-0.15, -0.1) is 11.6 Å². The van der Waals surface area contributed by atoms with E-state index in [4.69, 9.17) is 27.9 Å². The fourth-order valence-electron chi connectivity index (χ4n) is 1.67. The third-order valence-electron chi connectivity index (χ3n) is 2.51. The Labute approximate surface area is 104 Å². The van der Waals surface area contributed by atoms with Crippen LogP contribution >= 0.6 is 23.2 Å². The Hall–Kier alpha value is -0.930. The van der Waals surface area contributed by atoms with Gasteiger partial charge in [0.1, 0.15) is 6.10 Å². The maximum absolute atomic E-state index is 11.6. The maximum Gasteiger partial charge on any atom is 0.414 e. The van der Waals surface area contributed by atoms with Crippen LogP contribution in [-0.2, 0) is 4.74 Å². The molecule has 0 bridgehead atoms. The number of nitrogens with zero attached hydrogens (tertiary/aromatic N) is 1. The molecule has 0 saturated carbocycles. The molecule has 2 rings (SSSR count). The van der Waals surface area contributed by atoms with Crippen LogP contribution in [0.5, 0.6) is 0 Å². The molecule has 1 heterocycles. The number of amides is 1. The van der Waals surface area contributed by atoms with Crippen LogP contribution in [0.2, 0.25) is 5.02 Å². The lowest BCUT2D eigenvalue weighted by molar-refractivity contribution is 0.151. The number of cyclic esters (lactones) is 1. The number of rotatable bonds is 2. The van der Waals surface area contributed by atoms with Gasteiger partial charge in [0.2, 0.25) is 0 Å². The van der Waals surface area contributed by atoms with Crippen molar-refractivity contribution in [3.63, 3.8) is 0 Å². The van der Waals surface area contributed by atoms with Crippen LogP contribution in [0.3, 0.4) is 0 Å². The molecule has 1 amide bonds. The van der Waals surface area contributed by atoms with Gasteiger partial charge in [-0.2, -0.15) is 0 Å². The normalized spacial score (nSPS) is 20.1. The van der Waals surface area contributed by atoms with Crippen molar-refractivity contribution in [2.45, 2.75) is 13.0 Å². The number of ether oxygens (including phenoxy) is 1. The number of hydrogen-bond acceptors (Lipinski definition) is 2. The Morgan fingerprint density at radius 2 is 2.31 bits per heavy atom. The van der Waals surface area contributed by atoms with Crippen molar-refractivity contribution >= 4 is 35.0 Å².